The molecule has 0 aliphatic heterocycles. The summed E-state index contributed by atoms with van der Waals surface area (Å²) in [6.07, 6.45) is 6.68. The summed E-state index contributed by atoms with van der Waals surface area (Å²) in [5.74, 6) is 0.894. The van der Waals surface area contributed by atoms with Crippen LogP contribution in [-0.2, 0) is 0 Å². The minimum absolute atomic E-state index is 0.740. The molecular weight excluding hydrogens is 518 g/mol. The zero-order chi connectivity index (χ0) is 29.0. The number of aliphatic imine (C=N–C) groups is 1. The summed E-state index contributed by atoms with van der Waals surface area (Å²) < 4.78 is 5.86. The normalized spacial score (nSPS) is 11.8. The Morgan fingerprint density at radius 2 is 1.14 bits per heavy atom. The SMILES string of the molecule is CCCCCCOc1ccc(C=Nc2ccc(N=Nc3ccc(N=Nc4ccc(C)cc4)cc3)c3ccccc23)cc1. The first-order chi connectivity index (χ1) is 20.7. The minimum atomic E-state index is 0.740. The van der Waals surface area contributed by atoms with E-state index >= 15 is 0 Å². The van der Waals surface area contributed by atoms with Crippen LogP contribution in [0.4, 0.5) is 28.4 Å². The molecule has 0 aromatic heterocycles. The quantitative estimate of drug-likeness (QED) is 0.0860. The number of hydrogen-bond donors (Lipinski definition) is 0. The van der Waals surface area contributed by atoms with E-state index in [1.807, 2.05) is 116 Å². The van der Waals surface area contributed by atoms with Crippen LogP contribution >= 0.6 is 0 Å². The van der Waals surface area contributed by atoms with Gasteiger partial charge in [-0.1, -0.05) is 68.1 Å². The fraction of sp³-hybridized carbons (Fsp3) is 0.194. The van der Waals surface area contributed by atoms with Gasteiger partial charge in [-0.15, -0.1) is 5.11 Å². The number of rotatable bonds is 12. The Kier molecular flexibility index (Phi) is 9.93. The first kappa shape index (κ1) is 28.6. The second-order valence-electron chi connectivity index (χ2n) is 10.1. The maximum absolute atomic E-state index is 5.86. The number of nitrogens with zero attached hydrogens (tertiary/aromatic N) is 5. The van der Waals surface area contributed by atoms with E-state index in [1.165, 1.54) is 24.8 Å². The smallest absolute Gasteiger partial charge is 0.119 e. The molecule has 0 aliphatic rings. The predicted molar refractivity (Wildman–Crippen MR) is 173 cm³/mol. The Balaban J connectivity index is 1.24. The Bertz CT molecular complexity index is 1670. The molecule has 6 heteroatoms. The Morgan fingerprint density at radius 3 is 1.79 bits per heavy atom. The van der Waals surface area contributed by atoms with Crippen LogP contribution in [0.5, 0.6) is 5.75 Å². The fourth-order valence-corrected chi connectivity index (χ4v) is 4.40. The van der Waals surface area contributed by atoms with Gasteiger partial charge < -0.3 is 4.74 Å². The van der Waals surface area contributed by atoms with Crippen LogP contribution in [0.3, 0.4) is 0 Å². The van der Waals surface area contributed by atoms with Crippen molar-refractivity contribution in [1.82, 2.24) is 0 Å². The molecule has 5 rings (SSSR count). The predicted octanol–water partition coefficient (Wildman–Crippen LogP) is 11.7. The molecule has 0 aliphatic carbocycles. The molecule has 0 unspecified atom stereocenters. The van der Waals surface area contributed by atoms with Gasteiger partial charge >= 0.3 is 0 Å². The van der Waals surface area contributed by atoms with Crippen LogP contribution in [0.2, 0.25) is 0 Å². The first-order valence-electron chi connectivity index (χ1n) is 14.5. The van der Waals surface area contributed by atoms with E-state index in [-0.39, 0.29) is 0 Å². The number of azo groups is 2. The molecule has 5 aromatic carbocycles. The summed E-state index contributed by atoms with van der Waals surface area (Å²) in [5, 5.41) is 19.6. The van der Waals surface area contributed by atoms with E-state index in [2.05, 4.69) is 33.4 Å². The van der Waals surface area contributed by atoms with Crippen LogP contribution in [0, 0.1) is 6.92 Å². The lowest BCUT2D eigenvalue weighted by Gasteiger charge is -2.06. The lowest BCUT2D eigenvalue weighted by molar-refractivity contribution is 0.305. The summed E-state index contributed by atoms with van der Waals surface area (Å²) in [6, 6.07) is 35.6. The van der Waals surface area contributed by atoms with Gasteiger partial charge in [0, 0.05) is 17.0 Å². The number of aryl methyl sites for hydroxylation is 1. The van der Waals surface area contributed by atoms with E-state index < -0.39 is 0 Å². The van der Waals surface area contributed by atoms with E-state index in [9.17, 15) is 0 Å². The Labute approximate surface area is 247 Å². The third kappa shape index (κ3) is 8.04. The monoisotopic (exact) mass is 553 g/mol. The summed E-state index contributed by atoms with van der Waals surface area (Å²) in [7, 11) is 0. The number of ether oxygens (including phenoxy) is 1. The molecule has 5 aromatic rings. The van der Waals surface area contributed by atoms with Gasteiger partial charge in [-0.2, -0.15) is 15.3 Å². The molecule has 210 valence electrons. The van der Waals surface area contributed by atoms with Crippen LogP contribution in [0.15, 0.2) is 135 Å². The zero-order valence-electron chi connectivity index (χ0n) is 24.1. The summed E-state index contributed by atoms with van der Waals surface area (Å²) in [5.41, 5.74) is 6.19. The van der Waals surface area contributed by atoms with Crippen LogP contribution in [-0.4, -0.2) is 12.8 Å². The molecular formula is C36H35N5O. The topological polar surface area (TPSA) is 71.0 Å². The van der Waals surface area contributed by atoms with E-state index in [0.717, 1.165) is 63.6 Å². The third-order valence-corrected chi connectivity index (χ3v) is 6.82. The number of benzene rings is 5. The fourth-order valence-electron chi connectivity index (χ4n) is 4.40. The first-order valence-corrected chi connectivity index (χ1v) is 14.5. The van der Waals surface area contributed by atoms with Crippen molar-refractivity contribution >= 4 is 45.4 Å². The van der Waals surface area contributed by atoms with E-state index in [1.54, 1.807) is 0 Å². The molecule has 0 radical (unpaired) electrons. The van der Waals surface area contributed by atoms with Gasteiger partial charge in [-0.05, 0) is 91.7 Å². The van der Waals surface area contributed by atoms with Crippen molar-refractivity contribution in [3.63, 3.8) is 0 Å². The summed E-state index contributed by atoms with van der Waals surface area (Å²) >= 11 is 0. The Hall–Kier alpha value is -4.97. The highest BCUT2D eigenvalue weighted by Gasteiger charge is 2.05. The summed E-state index contributed by atoms with van der Waals surface area (Å²) in [6.45, 7) is 5.02. The van der Waals surface area contributed by atoms with Gasteiger partial charge in [0.25, 0.3) is 0 Å². The van der Waals surface area contributed by atoms with E-state index in [0.29, 0.717) is 0 Å². The van der Waals surface area contributed by atoms with Gasteiger partial charge in [0.15, 0.2) is 0 Å². The van der Waals surface area contributed by atoms with Crippen molar-refractivity contribution < 1.29 is 4.74 Å². The lowest BCUT2D eigenvalue weighted by atomic mass is 10.1. The Morgan fingerprint density at radius 1 is 0.571 bits per heavy atom. The number of hydrogen-bond acceptors (Lipinski definition) is 6. The van der Waals surface area contributed by atoms with Gasteiger partial charge in [-0.3, -0.25) is 4.99 Å². The van der Waals surface area contributed by atoms with Gasteiger partial charge in [0.2, 0.25) is 0 Å². The van der Waals surface area contributed by atoms with Gasteiger partial charge in [0.05, 0.1) is 35.0 Å². The van der Waals surface area contributed by atoms with E-state index in [4.69, 9.17) is 9.73 Å². The standard InChI is InChI=1S/C36H35N5O/c1-3-4-5-8-25-42-32-21-13-28(14-22-32)26-37-35-23-24-36(34-10-7-6-9-33(34)35)41-40-31-19-17-30(18-20-31)39-38-29-15-11-27(2)12-16-29/h6-7,9-24,26H,3-5,8,25H2,1-2H3. The van der Waals surface area contributed by atoms with Crippen molar-refractivity contribution in [3.05, 3.63) is 120 Å². The molecule has 0 N–H and O–H groups in total. The number of fused-ring (bicyclic) bond motifs is 1. The van der Waals surface area contributed by atoms with Crippen LogP contribution in [0.1, 0.15) is 43.7 Å². The average Bonchev–Trinajstić information content (AvgIpc) is 3.04. The second-order valence-corrected chi connectivity index (χ2v) is 10.1. The molecule has 6 nitrogen and oxygen atoms in total. The summed E-state index contributed by atoms with van der Waals surface area (Å²) in [4.78, 5) is 4.79. The molecule has 0 heterocycles. The highest BCUT2D eigenvalue weighted by Crippen LogP contribution is 2.34. The number of unbranched alkanes of at least 4 members (excludes halogenated alkanes) is 3. The molecule has 0 bridgehead atoms. The van der Waals surface area contributed by atoms with Crippen molar-refractivity contribution in [1.29, 1.82) is 0 Å². The maximum atomic E-state index is 5.86. The maximum Gasteiger partial charge on any atom is 0.119 e. The molecule has 0 atom stereocenters. The van der Waals surface area contributed by atoms with Crippen molar-refractivity contribution in [3.8, 4) is 5.75 Å². The third-order valence-electron chi connectivity index (χ3n) is 6.82. The van der Waals surface area contributed by atoms with Crippen LogP contribution < -0.4 is 4.74 Å². The van der Waals surface area contributed by atoms with Crippen molar-refractivity contribution in [2.24, 2.45) is 25.4 Å². The van der Waals surface area contributed by atoms with Crippen molar-refractivity contribution in [2.75, 3.05) is 6.61 Å². The zero-order valence-corrected chi connectivity index (χ0v) is 24.1. The molecule has 0 fully saturated rings. The highest BCUT2D eigenvalue weighted by atomic mass is 16.5. The lowest BCUT2D eigenvalue weighted by Crippen LogP contribution is -1.97. The molecule has 0 amide bonds. The average molecular weight is 554 g/mol. The minimum Gasteiger partial charge on any atom is -0.494 e. The largest absolute Gasteiger partial charge is 0.494 e. The second kappa shape index (κ2) is 14.6. The highest BCUT2D eigenvalue weighted by molar-refractivity contribution is 6.01. The van der Waals surface area contributed by atoms with Crippen molar-refractivity contribution in [2.45, 2.75) is 39.5 Å². The molecule has 0 spiro atoms. The molecule has 0 saturated heterocycles. The molecule has 0 saturated carbocycles. The van der Waals surface area contributed by atoms with Gasteiger partial charge in [0.1, 0.15) is 5.75 Å². The van der Waals surface area contributed by atoms with Gasteiger partial charge in [-0.25, -0.2) is 0 Å². The van der Waals surface area contributed by atoms with Crippen LogP contribution in [0.25, 0.3) is 10.8 Å². The molecule has 42 heavy (non-hydrogen) atoms.